The first-order valence-electron chi connectivity index (χ1n) is 6.72. The number of benzene rings is 1. The summed E-state index contributed by atoms with van der Waals surface area (Å²) in [5.41, 5.74) is -0.651. The van der Waals surface area contributed by atoms with Crippen LogP contribution in [0.4, 0.5) is 11.4 Å². The molecule has 7 heteroatoms. The number of nitro groups is 1. The maximum Gasteiger partial charge on any atom is 0.336 e. The fourth-order valence-corrected chi connectivity index (χ4v) is 1.96. The number of carboxylic acids is 1. The van der Waals surface area contributed by atoms with Crippen LogP contribution < -0.4 is 5.32 Å². The van der Waals surface area contributed by atoms with Crippen LogP contribution in [0.2, 0.25) is 0 Å². The highest BCUT2D eigenvalue weighted by Gasteiger charge is 2.24. The lowest BCUT2D eigenvalue weighted by Gasteiger charge is -2.26. The molecule has 0 amide bonds. The number of hydrogen-bond acceptors (Lipinski definition) is 5. The molecule has 0 saturated heterocycles. The lowest BCUT2D eigenvalue weighted by molar-refractivity contribution is -0.385. The summed E-state index contributed by atoms with van der Waals surface area (Å²) in [5, 5.41) is 33.2. The number of carboxylic acid groups (broad SMARTS) is 1. The Hall–Kier alpha value is -2.15. The first kappa shape index (κ1) is 16.9. The number of anilines is 1. The predicted octanol–water partition coefficient (Wildman–Crippen LogP) is 2.56. The Morgan fingerprint density at radius 3 is 2.38 bits per heavy atom. The zero-order valence-electron chi connectivity index (χ0n) is 12.3. The second-order valence-electron chi connectivity index (χ2n) is 5.02. The standard InChI is InChI=1S/C14H20N2O5/c1-4-14(19,5-2)8-15-11-6-10(13(17)18)7-12(9(11)3)16(20)21/h6-7,15,19H,4-5,8H2,1-3H3,(H,17,18). The van der Waals surface area contributed by atoms with E-state index in [9.17, 15) is 20.0 Å². The fourth-order valence-electron chi connectivity index (χ4n) is 1.96. The molecule has 1 aromatic carbocycles. The molecule has 0 heterocycles. The van der Waals surface area contributed by atoms with E-state index in [1.807, 2.05) is 13.8 Å². The van der Waals surface area contributed by atoms with Gasteiger partial charge in [0.25, 0.3) is 5.69 Å². The third kappa shape index (κ3) is 3.91. The molecule has 1 rings (SSSR count). The van der Waals surface area contributed by atoms with Gasteiger partial charge in [-0.3, -0.25) is 10.1 Å². The highest BCUT2D eigenvalue weighted by Crippen LogP contribution is 2.28. The third-order valence-corrected chi connectivity index (χ3v) is 3.75. The summed E-state index contributed by atoms with van der Waals surface area (Å²) >= 11 is 0. The summed E-state index contributed by atoms with van der Waals surface area (Å²) in [6.45, 7) is 5.42. The van der Waals surface area contributed by atoms with Crippen LogP contribution in [0.3, 0.4) is 0 Å². The molecule has 0 aliphatic heterocycles. The van der Waals surface area contributed by atoms with Gasteiger partial charge in [-0.25, -0.2) is 4.79 Å². The molecule has 0 unspecified atom stereocenters. The van der Waals surface area contributed by atoms with E-state index in [4.69, 9.17) is 5.11 Å². The van der Waals surface area contributed by atoms with Gasteiger partial charge in [0, 0.05) is 23.9 Å². The number of nitro benzene ring substituents is 1. The van der Waals surface area contributed by atoms with Gasteiger partial charge in [0.2, 0.25) is 0 Å². The van der Waals surface area contributed by atoms with Crippen molar-refractivity contribution in [2.75, 3.05) is 11.9 Å². The minimum absolute atomic E-state index is 0.161. The quantitative estimate of drug-likeness (QED) is 0.526. The first-order chi connectivity index (χ1) is 9.74. The number of nitrogens with one attached hydrogen (secondary N) is 1. The Morgan fingerprint density at radius 1 is 1.38 bits per heavy atom. The number of aliphatic hydroxyl groups is 1. The molecule has 0 saturated carbocycles. The minimum Gasteiger partial charge on any atom is -0.478 e. The molecule has 116 valence electrons. The Balaban J connectivity index is 3.17. The van der Waals surface area contributed by atoms with E-state index < -0.39 is 16.5 Å². The van der Waals surface area contributed by atoms with Gasteiger partial charge in [-0.15, -0.1) is 0 Å². The average Bonchev–Trinajstić information content (AvgIpc) is 2.45. The first-order valence-corrected chi connectivity index (χ1v) is 6.72. The maximum absolute atomic E-state index is 11.1. The van der Waals surface area contributed by atoms with Crippen molar-refractivity contribution < 1.29 is 19.9 Å². The minimum atomic E-state index is -1.23. The van der Waals surface area contributed by atoms with E-state index in [1.165, 1.54) is 6.07 Å². The fraction of sp³-hybridized carbons (Fsp3) is 0.500. The molecule has 0 atom stereocenters. The van der Waals surface area contributed by atoms with Crippen LogP contribution in [0, 0.1) is 17.0 Å². The topological polar surface area (TPSA) is 113 Å². The number of nitrogens with zero attached hydrogens (tertiary/aromatic N) is 1. The molecule has 21 heavy (non-hydrogen) atoms. The van der Waals surface area contributed by atoms with Crippen LogP contribution in [-0.2, 0) is 0 Å². The highest BCUT2D eigenvalue weighted by molar-refractivity contribution is 5.90. The maximum atomic E-state index is 11.1. The van der Waals surface area contributed by atoms with Crippen LogP contribution in [0.25, 0.3) is 0 Å². The van der Waals surface area contributed by atoms with Gasteiger partial charge < -0.3 is 15.5 Å². The molecule has 0 fully saturated rings. The van der Waals surface area contributed by atoms with Crippen LogP contribution in [0.15, 0.2) is 12.1 Å². The van der Waals surface area contributed by atoms with Crippen LogP contribution >= 0.6 is 0 Å². The molecule has 0 spiro atoms. The van der Waals surface area contributed by atoms with Gasteiger partial charge in [0.05, 0.1) is 16.1 Å². The molecule has 7 nitrogen and oxygen atoms in total. The lowest BCUT2D eigenvalue weighted by atomic mass is 9.97. The molecule has 1 aromatic rings. The van der Waals surface area contributed by atoms with Crippen molar-refractivity contribution in [3.63, 3.8) is 0 Å². The van der Waals surface area contributed by atoms with Gasteiger partial charge in [-0.05, 0) is 25.8 Å². The molecule has 0 bridgehead atoms. The second kappa shape index (κ2) is 6.53. The van der Waals surface area contributed by atoms with Crippen LogP contribution in [0.5, 0.6) is 0 Å². The molecule has 0 aliphatic rings. The van der Waals surface area contributed by atoms with Gasteiger partial charge in [-0.2, -0.15) is 0 Å². The molecule has 0 radical (unpaired) electrons. The Labute approximate surface area is 122 Å². The summed E-state index contributed by atoms with van der Waals surface area (Å²) in [5.74, 6) is -1.23. The zero-order chi connectivity index (χ0) is 16.2. The van der Waals surface area contributed by atoms with E-state index in [0.29, 0.717) is 24.1 Å². The predicted molar refractivity (Wildman–Crippen MR) is 78.8 cm³/mol. The Bertz CT molecular complexity index is 553. The summed E-state index contributed by atoms with van der Waals surface area (Å²) < 4.78 is 0. The van der Waals surface area contributed by atoms with Crippen LogP contribution in [-0.4, -0.2) is 33.3 Å². The Kier molecular flexibility index (Phi) is 5.26. The Morgan fingerprint density at radius 2 is 1.95 bits per heavy atom. The summed E-state index contributed by atoms with van der Waals surface area (Å²) in [7, 11) is 0. The van der Waals surface area contributed by atoms with Crippen molar-refractivity contribution in [1.29, 1.82) is 0 Å². The van der Waals surface area contributed by atoms with Crippen molar-refractivity contribution in [3.8, 4) is 0 Å². The SMILES string of the molecule is CCC(O)(CC)CNc1cc(C(=O)O)cc([N+](=O)[O-])c1C. The third-order valence-electron chi connectivity index (χ3n) is 3.75. The van der Waals surface area contributed by atoms with Gasteiger partial charge >= 0.3 is 5.97 Å². The van der Waals surface area contributed by atoms with E-state index in [1.54, 1.807) is 6.92 Å². The van der Waals surface area contributed by atoms with Crippen molar-refractivity contribution >= 4 is 17.3 Å². The largest absolute Gasteiger partial charge is 0.478 e. The van der Waals surface area contributed by atoms with Crippen molar-refractivity contribution in [3.05, 3.63) is 33.4 Å². The number of aromatic carboxylic acids is 1. The van der Waals surface area contributed by atoms with E-state index >= 15 is 0 Å². The summed E-state index contributed by atoms with van der Waals surface area (Å²) in [4.78, 5) is 21.4. The van der Waals surface area contributed by atoms with Crippen molar-refractivity contribution in [2.24, 2.45) is 0 Å². The molecular weight excluding hydrogens is 276 g/mol. The second-order valence-corrected chi connectivity index (χ2v) is 5.02. The highest BCUT2D eigenvalue weighted by atomic mass is 16.6. The number of hydrogen-bond donors (Lipinski definition) is 3. The van der Waals surface area contributed by atoms with Crippen LogP contribution in [0.1, 0.15) is 42.6 Å². The van der Waals surface area contributed by atoms with Gasteiger partial charge in [-0.1, -0.05) is 13.8 Å². The molecular formula is C14H20N2O5. The molecule has 0 aromatic heterocycles. The smallest absolute Gasteiger partial charge is 0.336 e. The lowest BCUT2D eigenvalue weighted by Crippen LogP contribution is -2.35. The number of carbonyl (C=O) groups is 1. The van der Waals surface area contributed by atoms with Crippen molar-refractivity contribution in [1.82, 2.24) is 0 Å². The summed E-state index contributed by atoms with van der Waals surface area (Å²) in [6, 6.07) is 2.38. The average molecular weight is 296 g/mol. The van der Waals surface area contributed by atoms with Gasteiger partial charge in [0.1, 0.15) is 0 Å². The number of rotatable bonds is 7. The van der Waals surface area contributed by atoms with Gasteiger partial charge in [0.15, 0.2) is 0 Å². The monoisotopic (exact) mass is 296 g/mol. The van der Waals surface area contributed by atoms with E-state index in [0.717, 1.165) is 6.07 Å². The van der Waals surface area contributed by atoms with E-state index in [-0.39, 0.29) is 17.8 Å². The normalized spacial score (nSPS) is 11.2. The van der Waals surface area contributed by atoms with Crippen molar-refractivity contribution in [2.45, 2.75) is 39.2 Å². The molecule has 3 N–H and O–H groups in total. The summed E-state index contributed by atoms with van der Waals surface area (Å²) in [6.07, 6.45) is 1.05. The van der Waals surface area contributed by atoms with E-state index in [2.05, 4.69) is 5.32 Å². The molecule has 0 aliphatic carbocycles. The zero-order valence-corrected chi connectivity index (χ0v) is 12.3.